The second kappa shape index (κ2) is 10.1. The molecule has 0 amide bonds. The topological polar surface area (TPSA) is 86.6 Å². The Morgan fingerprint density at radius 1 is 1.03 bits per heavy atom. The number of aromatic nitrogens is 3. The molecule has 1 fully saturated rings. The Morgan fingerprint density at radius 3 is 2.34 bits per heavy atom. The zero-order chi connectivity index (χ0) is 25.3. The van der Waals surface area contributed by atoms with Gasteiger partial charge in [-0.25, -0.2) is 13.2 Å². The number of methoxy groups -OCH3 is 1. The largest absolute Gasteiger partial charge is 0.479 e. The molecular formula is C24H29F3N6O2. The van der Waals surface area contributed by atoms with E-state index in [4.69, 9.17) is 4.74 Å². The molecule has 8 nitrogen and oxygen atoms in total. The minimum atomic E-state index is -2.93. The Labute approximate surface area is 201 Å². The highest BCUT2D eigenvalue weighted by Gasteiger charge is 2.25. The van der Waals surface area contributed by atoms with Crippen molar-refractivity contribution in [3.63, 3.8) is 0 Å². The average molecular weight is 491 g/mol. The van der Waals surface area contributed by atoms with Gasteiger partial charge in [-0.3, -0.25) is 4.90 Å². The molecule has 188 valence electrons. The van der Waals surface area contributed by atoms with Crippen LogP contribution in [0.5, 0.6) is 11.9 Å². The Bertz CT molecular complexity index is 1200. The first-order chi connectivity index (χ1) is 16.7. The van der Waals surface area contributed by atoms with E-state index in [0.717, 1.165) is 37.9 Å². The van der Waals surface area contributed by atoms with Crippen LogP contribution in [0.25, 0.3) is 11.0 Å². The summed E-state index contributed by atoms with van der Waals surface area (Å²) in [6.45, 7) is 9.26. The number of fused-ring (bicyclic) bond motifs is 1. The minimum absolute atomic E-state index is 0.0561. The lowest BCUT2D eigenvalue weighted by Crippen LogP contribution is -2.49. The van der Waals surface area contributed by atoms with Crippen molar-refractivity contribution in [1.29, 1.82) is 0 Å². The summed E-state index contributed by atoms with van der Waals surface area (Å²) in [7, 11) is 1.52. The number of pyridine rings is 1. The molecule has 0 spiro atoms. The van der Waals surface area contributed by atoms with Gasteiger partial charge in [-0.1, -0.05) is 18.2 Å². The molecule has 0 aliphatic carbocycles. The van der Waals surface area contributed by atoms with Crippen molar-refractivity contribution in [2.24, 2.45) is 0 Å². The molecule has 0 bridgehead atoms. The summed E-state index contributed by atoms with van der Waals surface area (Å²) >= 11 is 0. The van der Waals surface area contributed by atoms with Crippen LogP contribution in [-0.4, -0.2) is 64.3 Å². The molecular weight excluding hydrogens is 461 g/mol. The van der Waals surface area contributed by atoms with E-state index in [1.54, 1.807) is 6.92 Å². The maximum atomic E-state index is 14.7. The first-order valence-corrected chi connectivity index (χ1v) is 11.5. The van der Waals surface area contributed by atoms with E-state index in [9.17, 15) is 18.3 Å². The van der Waals surface area contributed by atoms with Crippen molar-refractivity contribution in [2.45, 2.75) is 39.3 Å². The predicted octanol–water partition coefficient (Wildman–Crippen LogP) is 4.52. The number of halogens is 3. The third kappa shape index (κ3) is 5.04. The lowest BCUT2D eigenvalue weighted by atomic mass is 10.0. The van der Waals surface area contributed by atoms with E-state index >= 15 is 0 Å². The first-order valence-electron chi connectivity index (χ1n) is 11.5. The fraction of sp³-hybridized carbons (Fsp3) is 0.458. The monoisotopic (exact) mass is 490 g/mol. The van der Waals surface area contributed by atoms with Gasteiger partial charge in [0.25, 0.3) is 6.43 Å². The summed E-state index contributed by atoms with van der Waals surface area (Å²) < 4.78 is 46.6. The molecule has 35 heavy (non-hydrogen) atoms. The molecule has 1 saturated heterocycles. The van der Waals surface area contributed by atoms with Crippen molar-refractivity contribution in [2.75, 3.05) is 43.5 Å². The third-order valence-electron chi connectivity index (χ3n) is 6.31. The van der Waals surface area contributed by atoms with Crippen molar-refractivity contribution in [1.82, 2.24) is 19.9 Å². The molecule has 1 aliphatic heterocycles. The van der Waals surface area contributed by atoms with Crippen LogP contribution in [-0.2, 0) is 0 Å². The molecule has 1 aliphatic rings. The van der Waals surface area contributed by atoms with Crippen LogP contribution >= 0.6 is 0 Å². The summed E-state index contributed by atoms with van der Waals surface area (Å²) in [5.41, 5.74) is 0.330. The van der Waals surface area contributed by atoms with Gasteiger partial charge < -0.3 is 20.1 Å². The molecule has 4 rings (SSSR count). The summed E-state index contributed by atoms with van der Waals surface area (Å²) in [5.74, 6) is -0.407. The SMILES string of the molecule is COc1nc2nc(O)nc(N[C@H](C)c3cccc(C(F)F)c3F)c2cc1N1CCN(C(C)C)CC1. The molecule has 1 atom stereocenters. The highest BCUT2D eigenvalue weighted by atomic mass is 19.3. The number of benzene rings is 1. The van der Waals surface area contributed by atoms with Crippen LogP contribution < -0.4 is 15.0 Å². The lowest BCUT2D eigenvalue weighted by Gasteiger charge is -2.38. The van der Waals surface area contributed by atoms with Crippen LogP contribution in [0.15, 0.2) is 24.3 Å². The molecule has 3 aromatic rings. The van der Waals surface area contributed by atoms with Crippen LogP contribution in [0.3, 0.4) is 0 Å². The van der Waals surface area contributed by atoms with Gasteiger partial charge in [0.15, 0.2) is 5.65 Å². The minimum Gasteiger partial charge on any atom is -0.479 e. The third-order valence-corrected chi connectivity index (χ3v) is 6.31. The van der Waals surface area contributed by atoms with Gasteiger partial charge in [0, 0.05) is 37.8 Å². The number of nitrogens with zero attached hydrogens (tertiary/aromatic N) is 5. The maximum absolute atomic E-state index is 14.7. The van der Waals surface area contributed by atoms with E-state index < -0.39 is 29.9 Å². The van der Waals surface area contributed by atoms with Gasteiger partial charge in [-0.15, -0.1) is 0 Å². The number of rotatable bonds is 7. The number of alkyl halides is 2. The molecule has 2 aromatic heterocycles. The Morgan fingerprint density at radius 2 is 1.71 bits per heavy atom. The number of aromatic hydroxyl groups is 1. The van der Waals surface area contributed by atoms with Gasteiger partial charge in [-0.05, 0) is 26.8 Å². The van der Waals surface area contributed by atoms with Crippen LogP contribution in [0.2, 0.25) is 0 Å². The summed E-state index contributed by atoms with van der Waals surface area (Å²) in [6, 6.07) is 4.90. The van der Waals surface area contributed by atoms with Gasteiger partial charge in [0.05, 0.1) is 24.1 Å². The number of hydrogen-bond acceptors (Lipinski definition) is 8. The van der Waals surface area contributed by atoms with Gasteiger partial charge in [0.1, 0.15) is 17.3 Å². The smallest absolute Gasteiger partial charge is 0.317 e. The Hall–Kier alpha value is -3.34. The number of nitrogens with one attached hydrogen (secondary N) is 1. The zero-order valence-corrected chi connectivity index (χ0v) is 20.1. The Balaban J connectivity index is 1.71. The van der Waals surface area contributed by atoms with E-state index in [1.165, 1.54) is 19.2 Å². The Kier molecular flexibility index (Phi) is 7.15. The number of anilines is 2. The summed E-state index contributed by atoms with van der Waals surface area (Å²) in [5, 5.41) is 13.6. The zero-order valence-electron chi connectivity index (χ0n) is 20.1. The molecule has 3 heterocycles. The van der Waals surface area contributed by atoms with E-state index in [1.807, 2.05) is 6.07 Å². The molecule has 11 heteroatoms. The summed E-state index contributed by atoms with van der Waals surface area (Å²) in [6.07, 6.45) is -2.93. The van der Waals surface area contributed by atoms with Gasteiger partial charge >= 0.3 is 6.01 Å². The molecule has 0 unspecified atom stereocenters. The van der Waals surface area contributed by atoms with Crippen molar-refractivity contribution in [3.8, 4) is 11.9 Å². The quantitative estimate of drug-likeness (QED) is 0.500. The van der Waals surface area contributed by atoms with Gasteiger partial charge in [0.2, 0.25) is 5.88 Å². The maximum Gasteiger partial charge on any atom is 0.317 e. The molecule has 2 N–H and O–H groups in total. The fourth-order valence-electron chi connectivity index (χ4n) is 4.34. The number of ether oxygens (including phenoxy) is 1. The molecule has 0 saturated carbocycles. The lowest BCUT2D eigenvalue weighted by molar-refractivity contribution is 0.146. The second-order valence-corrected chi connectivity index (χ2v) is 8.79. The van der Waals surface area contributed by atoms with E-state index in [2.05, 4.69) is 43.9 Å². The standard InChI is InChI=1S/C24H29F3N6O2/c1-13(2)32-8-10-33(11-9-32)18-12-17-21(30-24(34)31-22(17)29-23(18)35-4)28-14(3)15-6-5-7-16(19(15)25)20(26)27/h5-7,12-14,20H,8-11H2,1-4H3,(H2,28,29,30,31,34)/t14-/m1/s1. The molecule has 1 aromatic carbocycles. The fourth-order valence-corrected chi connectivity index (χ4v) is 4.34. The number of hydrogen-bond donors (Lipinski definition) is 2. The van der Waals surface area contributed by atoms with Crippen LogP contribution in [0.1, 0.15) is 44.4 Å². The van der Waals surface area contributed by atoms with E-state index in [-0.39, 0.29) is 17.0 Å². The predicted molar refractivity (Wildman–Crippen MR) is 128 cm³/mol. The van der Waals surface area contributed by atoms with Gasteiger partial charge in [-0.2, -0.15) is 15.0 Å². The van der Waals surface area contributed by atoms with Crippen molar-refractivity contribution >= 4 is 22.5 Å². The van der Waals surface area contributed by atoms with Crippen molar-refractivity contribution in [3.05, 3.63) is 41.2 Å². The van der Waals surface area contributed by atoms with Crippen LogP contribution in [0, 0.1) is 5.82 Å². The highest BCUT2D eigenvalue weighted by molar-refractivity contribution is 5.91. The average Bonchev–Trinajstić information content (AvgIpc) is 2.83. The van der Waals surface area contributed by atoms with Crippen molar-refractivity contribution < 1.29 is 23.0 Å². The second-order valence-electron chi connectivity index (χ2n) is 8.79. The normalized spacial score (nSPS) is 15.7. The molecule has 0 radical (unpaired) electrons. The van der Waals surface area contributed by atoms with E-state index in [0.29, 0.717) is 17.3 Å². The first kappa shape index (κ1) is 24.8. The van der Waals surface area contributed by atoms with Crippen LogP contribution in [0.4, 0.5) is 24.7 Å². The number of piperazine rings is 1. The summed E-state index contributed by atoms with van der Waals surface area (Å²) in [4.78, 5) is 17.1. The highest BCUT2D eigenvalue weighted by Crippen LogP contribution is 2.35.